The molecule has 2 heteroatoms. The van der Waals surface area contributed by atoms with Crippen LogP contribution in [0.3, 0.4) is 0 Å². The third kappa shape index (κ3) is 2.64. The van der Waals surface area contributed by atoms with Crippen molar-refractivity contribution in [2.24, 2.45) is 4.99 Å². The first-order valence-electron chi connectivity index (χ1n) is 7.92. The minimum Gasteiger partial charge on any atom is -0.317 e. The maximum Gasteiger partial charge on any atom is 0.136 e. The van der Waals surface area contributed by atoms with Gasteiger partial charge in [-0.15, -0.1) is 0 Å². The predicted octanol–water partition coefficient (Wildman–Crippen LogP) is 4.69. The van der Waals surface area contributed by atoms with E-state index in [0.29, 0.717) is 0 Å². The Morgan fingerprint density at radius 1 is 0.696 bits per heavy atom. The molecule has 112 valence electrons. The zero-order valence-corrected chi connectivity index (χ0v) is 12.8. The molecular weight excluding hydrogens is 280 g/mol. The van der Waals surface area contributed by atoms with Crippen molar-refractivity contribution in [2.45, 2.75) is 6.04 Å². The Morgan fingerprint density at radius 2 is 1.26 bits per heavy atom. The molecule has 0 bridgehead atoms. The summed E-state index contributed by atoms with van der Waals surface area (Å²) in [6.45, 7) is 0.781. The van der Waals surface area contributed by atoms with Crippen molar-refractivity contribution in [1.29, 1.82) is 0 Å². The summed E-state index contributed by atoms with van der Waals surface area (Å²) in [7, 11) is 0. The number of amidine groups is 1. The molecule has 1 aliphatic rings. The summed E-state index contributed by atoms with van der Waals surface area (Å²) < 4.78 is 0. The zero-order valence-electron chi connectivity index (χ0n) is 12.8. The van der Waals surface area contributed by atoms with Crippen LogP contribution in [0.4, 0.5) is 5.69 Å². The van der Waals surface area contributed by atoms with Gasteiger partial charge >= 0.3 is 0 Å². The van der Waals surface area contributed by atoms with Gasteiger partial charge < -0.3 is 4.90 Å². The van der Waals surface area contributed by atoms with Crippen LogP contribution in [0.25, 0.3) is 0 Å². The lowest BCUT2D eigenvalue weighted by molar-refractivity contribution is 0.770. The number of nitrogens with zero attached hydrogens (tertiary/aromatic N) is 2. The van der Waals surface area contributed by atoms with Crippen LogP contribution in [0, 0.1) is 0 Å². The van der Waals surface area contributed by atoms with Crippen LogP contribution in [0.5, 0.6) is 0 Å². The largest absolute Gasteiger partial charge is 0.317 e. The van der Waals surface area contributed by atoms with Crippen molar-refractivity contribution in [2.75, 3.05) is 11.4 Å². The van der Waals surface area contributed by atoms with Crippen molar-refractivity contribution in [3.05, 3.63) is 102 Å². The van der Waals surface area contributed by atoms with Gasteiger partial charge in [-0.2, -0.15) is 0 Å². The minimum atomic E-state index is 0.244. The van der Waals surface area contributed by atoms with Crippen molar-refractivity contribution in [1.82, 2.24) is 0 Å². The molecule has 0 radical (unpaired) electrons. The van der Waals surface area contributed by atoms with Crippen molar-refractivity contribution in [3.8, 4) is 0 Å². The van der Waals surface area contributed by atoms with Crippen LogP contribution in [0.1, 0.15) is 17.2 Å². The van der Waals surface area contributed by atoms with Crippen LogP contribution in [-0.4, -0.2) is 12.4 Å². The summed E-state index contributed by atoms with van der Waals surface area (Å²) in [5.74, 6) is 1.05. The number of benzene rings is 3. The Bertz CT molecular complexity index is 795. The molecular formula is C21H18N2. The highest BCUT2D eigenvalue weighted by Crippen LogP contribution is 2.33. The van der Waals surface area contributed by atoms with Gasteiger partial charge in [0.15, 0.2) is 0 Å². The molecule has 1 heterocycles. The molecule has 3 aromatic rings. The fourth-order valence-corrected chi connectivity index (χ4v) is 3.12. The van der Waals surface area contributed by atoms with Gasteiger partial charge in [-0.1, -0.05) is 78.9 Å². The first kappa shape index (κ1) is 13.8. The van der Waals surface area contributed by atoms with E-state index in [9.17, 15) is 0 Å². The molecule has 0 fully saturated rings. The number of para-hydroxylation sites is 1. The van der Waals surface area contributed by atoms with Gasteiger partial charge in [-0.05, 0) is 17.7 Å². The second-order valence-corrected chi connectivity index (χ2v) is 5.66. The Hall–Kier alpha value is -2.87. The molecule has 0 aromatic heterocycles. The minimum absolute atomic E-state index is 0.244. The van der Waals surface area contributed by atoms with Crippen LogP contribution in [0.15, 0.2) is 96.0 Å². The lowest BCUT2D eigenvalue weighted by Gasteiger charge is -2.28. The third-order valence-corrected chi connectivity index (χ3v) is 4.20. The van der Waals surface area contributed by atoms with E-state index in [1.54, 1.807) is 0 Å². The Labute approximate surface area is 136 Å². The normalized spacial score (nSPS) is 17.1. The molecule has 0 saturated carbocycles. The predicted molar refractivity (Wildman–Crippen MR) is 96.0 cm³/mol. The summed E-state index contributed by atoms with van der Waals surface area (Å²) in [6, 6.07) is 31.8. The van der Waals surface area contributed by atoms with Crippen molar-refractivity contribution >= 4 is 11.5 Å². The number of aliphatic imine (C=N–C) groups is 1. The summed E-state index contributed by atoms with van der Waals surface area (Å²) in [5.41, 5.74) is 3.64. The van der Waals surface area contributed by atoms with Gasteiger partial charge in [0.25, 0.3) is 0 Å². The van der Waals surface area contributed by atoms with Crippen LogP contribution < -0.4 is 4.90 Å². The Kier molecular flexibility index (Phi) is 3.65. The standard InChI is InChI=1S/C21H18N2/c1-4-10-17(11-5-1)20-16-22-21(18-12-6-2-7-13-18)23(20)19-14-8-3-9-15-19/h1-15,20H,16H2. The number of anilines is 1. The molecule has 0 spiro atoms. The SMILES string of the molecule is c1ccc(C2=NCC(c3ccccc3)N2c2ccccc2)cc1. The monoisotopic (exact) mass is 298 g/mol. The van der Waals surface area contributed by atoms with Crippen molar-refractivity contribution in [3.63, 3.8) is 0 Å². The fraction of sp³-hybridized carbons (Fsp3) is 0.0952. The molecule has 4 rings (SSSR count). The molecule has 23 heavy (non-hydrogen) atoms. The molecule has 1 atom stereocenters. The summed E-state index contributed by atoms with van der Waals surface area (Å²) in [6.07, 6.45) is 0. The molecule has 0 amide bonds. The highest BCUT2D eigenvalue weighted by molar-refractivity contribution is 6.11. The Balaban J connectivity index is 1.79. The molecule has 1 unspecified atom stereocenters. The number of hydrogen-bond donors (Lipinski definition) is 0. The topological polar surface area (TPSA) is 15.6 Å². The number of rotatable bonds is 3. The van der Waals surface area contributed by atoms with Crippen LogP contribution in [-0.2, 0) is 0 Å². The second-order valence-electron chi connectivity index (χ2n) is 5.66. The quantitative estimate of drug-likeness (QED) is 0.684. The molecule has 0 saturated heterocycles. The zero-order chi connectivity index (χ0) is 15.5. The maximum absolute atomic E-state index is 4.86. The smallest absolute Gasteiger partial charge is 0.136 e. The highest BCUT2D eigenvalue weighted by atomic mass is 15.3. The average Bonchev–Trinajstić information content (AvgIpc) is 3.09. The van der Waals surface area contributed by atoms with Gasteiger partial charge in [0.05, 0.1) is 12.6 Å². The molecule has 1 aliphatic heterocycles. The van der Waals surface area contributed by atoms with E-state index >= 15 is 0 Å². The van der Waals surface area contributed by atoms with Gasteiger partial charge in [0.1, 0.15) is 5.84 Å². The fourth-order valence-electron chi connectivity index (χ4n) is 3.12. The summed E-state index contributed by atoms with van der Waals surface area (Å²) in [4.78, 5) is 7.22. The van der Waals surface area contributed by atoms with Gasteiger partial charge in [-0.25, -0.2) is 0 Å². The van der Waals surface area contributed by atoms with Crippen LogP contribution >= 0.6 is 0 Å². The molecule has 3 aromatic carbocycles. The first-order chi connectivity index (χ1) is 11.4. The first-order valence-corrected chi connectivity index (χ1v) is 7.92. The van der Waals surface area contributed by atoms with E-state index in [2.05, 4.69) is 89.8 Å². The lowest BCUT2D eigenvalue weighted by atomic mass is 10.0. The Morgan fingerprint density at radius 3 is 1.91 bits per heavy atom. The average molecular weight is 298 g/mol. The van der Waals surface area contributed by atoms with Crippen LogP contribution in [0.2, 0.25) is 0 Å². The summed E-state index contributed by atoms with van der Waals surface area (Å²) >= 11 is 0. The second kappa shape index (κ2) is 6.09. The van der Waals surface area contributed by atoms with Crippen molar-refractivity contribution < 1.29 is 0 Å². The van der Waals surface area contributed by atoms with E-state index in [1.165, 1.54) is 11.3 Å². The van der Waals surface area contributed by atoms with E-state index in [1.807, 2.05) is 6.07 Å². The van der Waals surface area contributed by atoms with E-state index in [0.717, 1.165) is 17.9 Å². The molecule has 2 nitrogen and oxygen atoms in total. The molecule has 0 aliphatic carbocycles. The lowest BCUT2D eigenvalue weighted by Crippen LogP contribution is -2.31. The van der Waals surface area contributed by atoms with E-state index in [-0.39, 0.29) is 6.04 Å². The number of hydrogen-bond acceptors (Lipinski definition) is 2. The summed E-state index contributed by atoms with van der Waals surface area (Å²) in [5, 5.41) is 0. The van der Waals surface area contributed by atoms with Gasteiger partial charge in [0, 0.05) is 11.3 Å². The highest BCUT2D eigenvalue weighted by Gasteiger charge is 2.30. The molecule has 0 N–H and O–H groups in total. The third-order valence-electron chi connectivity index (χ3n) is 4.20. The van der Waals surface area contributed by atoms with Gasteiger partial charge in [0.2, 0.25) is 0 Å². The van der Waals surface area contributed by atoms with E-state index in [4.69, 9.17) is 4.99 Å². The maximum atomic E-state index is 4.86. The van der Waals surface area contributed by atoms with E-state index < -0.39 is 0 Å². The van der Waals surface area contributed by atoms with Gasteiger partial charge in [-0.3, -0.25) is 4.99 Å².